The summed E-state index contributed by atoms with van der Waals surface area (Å²) in [5, 5.41) is 10.7. The first-order chi connectivity index (χ1) is 15.7. The Hall–Kier alpha value is -3.68. The van der Waals surface area contributed by atoms with Gasteiger partial charge in [0.05, 0.1) is 23.6 Å². The molecular weight excluding hydrogens is 402 g/mol. The SMILES string of the molecule is C[C@@H]1CCN(C(=O)CCn2nnc3ccccc32)C[C@@H]1n1ccc2cnc3[nH]ccc3c21. The zero-order chi connectivity index (χ0) is 21.7. The van der Waals surface area contributed by atoms with Gasteiger partial charge in [0.2, 0.25) is 5.91 Å². The highest BCUT2D eigenvalue weighted by molar-refractivity contribution is 6.02. The fourth-order valence-electron chi connectivity index (χ4n) is 5.01. The van der Waals surface area contributed by atoms with E-state index in [0.717, 1.165) is 47.0 Å². The van der Waals surface area contributed by atoms with Crippen molar-refractivity contribution in [3.05, 3.63) is 55.0 Å². The molecule has 1 aliphatic heterocycles. The summed E-state index contributed by atoms with van der Waals surface area (Å²) >= 11 is 0. The second-order valence-corrected chi connectivity index (χ2v) is 8.75. The third kappa shape index (κ3) is 3.05. The minimum absolute atomic E-state index is 0.173. The fraction of sp³-hybridized carbons (Fsp3) is 0.333. The van der Waals surface area contributed by atoms with E-state index in [1.165, 1.54) is 5.52 Å². The molecule has 1 aliphatic rings. The number of aromatic nitrogens is 6. The van der Waals surface area contributed by atoms with E-state index in [2.05, 4.69) is 50.1 Å². The number of likely N-dealkylation sites (tertiary alicyclic amines) is 1. The second kappa shape index (κ2) is 7.47. The molecule has 8 nitrogen and oxygen atoms in total. The van der Waals surface area contributed by atoms with Gasteiger partial charge in [0.25, 0.3) is 0 Å². The Morgan fingerprint density at radius 2 is 2.12 bits per heavy atom. The zero-order valence-corrected chi connectivity index (χ0v) is 18.0. The van der Waals surface area contributed by atoms with Crippen molar-refractivity contribution in [3.8, 4) is 0 Å². The van der Waals surface area contributed by atoms with Gasteiger partial charge in [0.1, 0.15) is 11.2 Å². The van der Waals surface area contributed by atoms with Crippen molar-refractivity contribution in [2.24, 2.45) is 5.92 Å². The van der Waals surface area contributed by atoms with Gasteiger partial charge >= 0.3 is 0 Å². The lowest BCUT2D eigenvalue weighted by Gasteiger charge is -2.38. The number of piperidine rings is 1. The molecular formula is C24H25N7O. The van der Waals surface area contributed by atoms with Gasteiger partial charge in [-0.2, -0.15) is 0 Å². The van der Waals surface area contributed by atoms with Crippen molar-refractivity contribution < 1.29 is 4.79 Å². The van der Waals surface area contributed by atoms with E-state index in [1.54, 1.807) is 0 Å². The summed E-state index contributed by atoms with van der Waals surface area (Å²) in [6.45, 7) is 4.35. The lowest BCUT2D eigenvalue weighted by Crippen LogP contribution is -2.44. The molecule has 2 atom stereocenters. The van der Waals surface area contributed by atoms with Crippen LogP contribution < -0.4 is 0 Å². The maximum atomic E-state index is 13.1. The molecule has 8 heteroatoms. The molecule has 5 aromatic rings. The van der Waals surface area contributed by atoms with E-state index in [0.29, 0.717) is 18.9 Å². The van der Waals surface area contributed by atoms with Gasteiger partial charge in [-0.05, 0) is 36.6 Å². The quantitative estimate of drug-likeness (QED) is 0.473. The van der Waals surface area contributed by atoms with Crippen molar-refractivity contribution in [3.63, 3.8) is 0 Å². The largest absolute Gasteiger partial charge is 0.346 e. The zero-order valence-electron chi connectivity index (χ0n) is 18.0. The molecule has 0 spiro atoms. The number of carbonyl (C=O) groups excluding carboxylic acids is 1. The number of hydrogen-bond acceptors (Lipinski definition) is 4. The van der Waals surface area contributed by atoms with Crippen LogP contribution in [0.3, 0.4) is 0 Å². The maximum Gasteiger partial charge on any atom is 0.224 e. The highest BCUT2D eigenvalue weighted by Gasteiger charge is 2.31. The summed E-state index contributed by atoms with van der Waals surface area (Å²) in [5.41, 5.74) is 3.91. The van der Waals surface area contributed by atoms with Gasteiger partial charge in [-0.25, -0.2) is 9.67 Å². The molecule has 4 aromatic heterocycles. The number of hydrogen-bond donors (Lipinski definition) is 1. The van der Waals surface area contributed by atoms with Crippen LogP contribution in [0.2, 0.25) is 0 Å². The summed E-state index contributed by atoms with van der Waals surface area (Å²) < 4.78 is 4.18. The Morgan fingerprint density at radius 3 is 3.06 bits per heavy atom. The van der Waals surface area contributed by atoms with Crippen LogP contribution in [0.1, 0.15) is 25.8 Å². The van der Waals surface area contributed by atoms with Crippen LogP contribution in [0.5, 0.6) is 0 Å². The fourth-order valence-corrected chi connectivity index (χ4v) is 5.01. The van der Waals surface area contributed by atoms with Gasteiger partial charge in [0, 0.05) is 48.9 Å². The number of carbonyl (C=O) groups is 1. The Labute approximate surface area is 184 Å². The molecule has 1 fully saturated rings. The standard InChI is InChI=1S/C24H25N7O/c1-16-7-11-29(22(32)9-13-31-20-5-3-2-4-19(20)27-28-31)15-21(16)30-12-8-17-14-26-24-18(23(17)30)6-10-25-24/h2-6,8,10,12,14,16,21H,7,9,11,13,15H2,1H3,(H,25,26)/t16-,21+/m1/s1. The Kier molecular flexibility index (Phi) is 4.45. The third-order valence-electron chi connectivity index (χ3n) is 6.85. The highest BCUT2D eigenvalue weighted by atomic mass is 16.2. The Bertz CT molecular complexity index is 1430. The van der Waals surface area contributed by atoms with Crippen LogP contribution >= 0.6 is 0 Å². The first-order valence-corrected chi connectivity index (χ1v) is 11.2. The number of rotatable bonds is 4. The maximum absolute atomic E-state index is 13.1. The molecule has 5 heterocycles. The molecule has 6 rings (SSSR count). The molecule has 1 saturated heterocycles. The Balaban J connectivity index is 1.23. The molecule has 0 bridgehead atoms. The molecule has 0 saturated carbocycles. The smallest absolute Gasteiger partial charge is 0.224 e. The molecule has 1 amide bonds. The molecule has 1 aromatic carbocycles. The molecule has 0 aliphatic carbocycles. The van der Waals surface area contributed by atoms with Crippen LogP contribution in [-0.2, 0) is 11.3 Å². The van der Waals surface area contributed by atoms with Crippen LogP contribution in [0, 0.1) is 5.92 Å². The van der Waals surface area contributed by atoms with Crippen molar-refractivity contribution in [1.82, 2.24) is 34.4 Å². The van der Waals surface area contributed by atoms with Crippen molar-refractivity contribution in [1.29, 1.82) is 0 Å². The topological polar surface area (TPSA) is 84.6 Å². The van der Waals surface area contributed by atoms with Gasteiger partial charge in [-0.15, -0.1) is 5.10 Å². The second-order valence-electron chi connectivity index (χ2n) is 8.75. The molecule has 162 valence electrons. The number of fused-ring (bicyclic) bond motifs is 4. The number of pyridine rings is 1. The number of aromatic amines is 1. The van der Waals surface area contributed by atoms with Crippen LogP contribution in [-0.4, -0.2) is 53.4 Å². The van der Waals surface area contributed by atoms with Crippen molar-refractivity contribution in [2.45, 2.75) is 32.4 Å². The molecule has 0 radical (unpaired) electrons. The minimum Gasteiger partial charge on any atom is -0.346 e. The number of benzene rings is 1. The third-order valence-corrected chi connectivity index (χ3v) is 6.85. The first-order valence-electron chi connectivity index (χ1n) is 11.2. The number of H-pyrrole nitrogens is 1. The summed E-state index contributed by atoms with van der Waals surface area (Å²) in [6, 6.07) is 12.3. The average Bonchev–Trinajstić information content (AvgIpc) is 3.55. The first kappa shape index (κ1) is 19.0. The summed E-state index contributed by atoms with van der Waals surface area (Å²) in [6.07, 6.45) is 7.41. The van der Waals surface area contributed by atoms with Crippen LogP contribution in [0.15, 0.2) is 55.0 Å². The van der Waals surface area contributed by atoms with Gasteiger partial charge in [0.15, 0.2) is 0 Å². The van der Waals surface area contributed by atoms with E-state index < -0.39 is 0 Å². The summed E-state index contributed by atoms with van der Waals surface area (Å²) in [5.74, 6) is 0.655. The van der Waals surface area contributed by atoms with Crippen LogP contribution in [0.25, 0.3) is 33.0 Å². The molecule has 1 N–H and O–H groups in total. The normalized spacial score (nSPS) is 19.3. The average molecular weight is 428 g/mol. The molecule has 0 unspecified atom stereocenters. The number of aryl methyl sites for hydroxylation is 1. The highest BCUT2D eigenvalue weighted by Crippen LogP contribution is 2.34. The van der Waals surface area contributed by atoms with E-state index in [9.17, 15) is 4.79 Å². The lowest BCUT2D eigenvalue weighted by molar-refractivity contribution is -0.133. The number of amides is 1. The van der Waals surface area contributed by atoms with Crippen molar-refractivity contribution >= 4 is 38.9 Å². The van der Waals surface area contributed by atoms with E-state index >= 15 is 0 Å². The van der Waals surface area contributed by atoms with E-state index in [1.807, 2.05) is 46.2 Å². The number of nitrogens with one attached hydrogen (secondary N) is 1. The van der Waals surface area contributed by atoms with E-state index in [-0.39, 0.29) is 11.9 Å². The Morgan fingerprint density at radius 1 is 1.22 bits per heavy atom. The van der Waals surface area contributed by atoms with Gasteiger partial charge in [-0.1, -0.05) is 24.3 Å². The monoisotopic (exact) mass is 427 g/mol. The van der Waals surface area contributed by atoms with Gasteiger partial charge in [-0.3, -0.25) is 4.79 Å². The van der Waals surface area contributed by atoms with E-state index in [4.69, 9.17) is 0 Å². The number of para-hydroxylation sites is 1. The summed E-state index contributed by atoms with van der Waals surface area (Å²) in [4.78, 5) is 22.9. The lowest BCUT2D eigenvalue weighted by atomic mass is 9.92. The predicted molar refractivity (Wildman–Crippen MR) is 123 cm³/mol. The minimum atomic E-state index is 0.173. The predicted octanol–water partition coefficient (Wildman–Crippen LogP) is 3.76. The molecule has 32 heavy (non-hydrogen) atoms. The van der Waals surface area contributed by atoms with Crippen molar-refractivity contribution in [2.75, 3.05) is 13.1 Å². The van der Waals surface area contributed by atoms with Crippen LogP contribution in [0.4, 0.5) is 0 Å². The summed E-state index contributed by atoms with van der Waals surface area (Å²) in [7, 11) is 0. The number of nitrogens with zero attached hydrogens (tertiary/aromatic N) is 6. The van der Waals surface area contributed by atoms with Gasteiger partial charge < -0.3 is 14.5 Å².